The summed E-state index contributed by atoms with van der Waals surface area (Å²) in [6.45, 7) is 2.58. The van der Waals surface area contributed by atoms with Gasteiger partial charge in [-0.05, 0) is 6.42 Å². The summed E-state index contributed by atoms with van der Waals surface area (Å²) >= 11 is 0. The monoisotopic (exact) mass is 164 g/mol. The highest BCUT2D eigenvalue weighted by Crippen LogP contribution is 2.03. The summed E-state index contributed by atoms with van der Waals surface area (Å²) in [5, 5.41) is 8.42. The Morgan fingerprint density at radius 2 is 1.40 bits per heavy atom. The summed E-state index contributed by atoms with van der Waals surface area (Å²) in [5.41, 5.74) is 0. The molecule has 0 aromatic carbocycles. The van der Waals surface area contributed by atoms with Crippen molar-refractivity contribution < 1.29 is 5.11 Å². The summed E-state index contributed by atoms with van der Waals surface area (Å²) in [6, 6.07) is 0. The van der Waals surface area contributed by atoms with E-state index in [9.17, 15) is 0 Å². The third-order valence-corrected chi connectivity index (χ3v) is 1.51. The van der Waals surface area contributed by atoms with Crippen LogP contribution in [0, 0.1) is 0 Å². The van der Waals surface area contributed by atoms with Crippen LogP contribution in [-0.4, -0.2) is 11.7 Å². The molecule has 0 heterocycles. The molecule has 0 rings (SSSR count). The van der Waals surface area contributed by atoms with E-state index in [0.29, 0.717) is 6.61 Å². The maximum absolute atomic E-state index is 8.42. The van der Waals surface area contributed by atoms with Crippen LogP contribution in [0.2, 0.25) is 0 Å². The van der Waals surface area contributed by atoms with Gasteiger partial charge in [0.25, 0.3) is 0 Å². The summed E-state index contributed by atoms with van der Waals surface area (Å²) in [7, 11) is 0. The average Bonchev–Trinajstić information content (AvgIpc) is 1.89. The van der Waals surface area contributed by atoms with Crippen molar-refractivity contribution in [1.29, 1.82) is 0 Å². The number of aliphatic hydroxyl groups is 1. The number of hydrogen-bond donors (Lipinski definition) is 1. The second-order valence-electron chi connectivity index (χ2n) is 2.49. The Bertz CT molecular complexity index is 42.5. The number of hydrogen-bond acceptors (Lipinski definition) is 1. The van der Waals surface area contributed by atoms with Crippen molar-refractivity contribution in [2.75, 3.05) is 6.61 Å². The summed E-state index contributed by atoms with van der Waals surface area (Å²) in [4.78, 5) is 0. The van der Waals surface area contributed by atoms with Crippen LogP contribution in [0.1, 0.15) is 45.4 Å². The van der Waals surface area contributed by atoms with Gasteiger partial charge in [0, 0.05) is 6.61 Å². The van der Waals surface area contributed by atoms with Gasteiger partial charge in [-0.1, -0.05) is 39.0 Å². The second kappa shape index (κ2) is 12.1. The van der Waals surface area contributed by atoms with Gasteiger partial charge >= 0.3 is 0 Å². The van der Waals surface area contributed by atoms with Gasteiger partial charge in [0.1, 0.15) is 0 Å². The van der Waals surface area contributed by atoms with E-state index in [1.54, 1.807) is 0 Å². The molecule has 0 aliphatic heterocycles. The van der Waals surface area contributed by atoms with Crippen LogP contribution in [0.4, 0.5) is 0 Å². The first-order valence-corrected chi connectivity index (χ1v) is 4.02. The summed E-state index contributed by atoms with van der Waals surface area (Å²) in [6.07, 6.45) is 7.50. The second-order valence-corrected chi connectivity index (χ2v) is 2.49. The normalized spacial score (nSPS) is 9.00. The minimum absolute atomic E-state index is 0. The predicted octanol–water partition coefficient (Wildman–Crippen LogP) is 2.40. The lowest BCUT2D eigenvalue weighted by molar-refractivity contribution is 0.282. The highest BCUT2D eigenvalue weighted by atomic mass is 31.0. The van der Waals surface area contributed by atoms with Gasteiger partial charge in [-0.25, -0.2) is 0 Å². The minimum atomic E-state index is 0. The first kappa shape index (κ1) is 13.0. The van der Waals surface area contributed by atoms with Crippen molar-refractivity contribution in [3.63, 3.8) is 0 Å². The molecule has 0 amide bonds. The zero-order chi connectivity index (χ0) is 6.95. The van der Waals surface area contributed by atoms with Gasteiger partial charge in [-0.2, -0.15) is 9.90 Å². The molecule has 0 aromatic rings. The molecule has 0 bridgehead atoms. The van der Waals surface area contributed by atoms with E-state index >= 15 is 0 Å². The smallest absolute Gasteiger partial charge is 0.0431 e. The fourth-order valence-corrected chi connectivity index (χ4v) is 0.892. The van der Waals surface area contributed by atoms with Gasteiger partial charge in [0.05, 0.1) is 0 Å². The summed E-state index contributed by atoms with van der Waals surface area (Å²) in [5.74, 6) is 0. The Hall–Kier alpha value is 0.390. The van der Waals surface area contributed by atoms with Gasteiger partial charge in [-0.15, -0.1) is 0 Å². The Balaban J connectivity index is 0. The molecule has 1 N–H and O–H groups in total. The molecule has 0 radical (unpaired) electrons. The van der Waals surface area contributed by atoms with Crippen LogP contribution in [0.15, 0.2) is 0 Å². The van der Waals surface area contributed by atoms with Gasteiger partial charge < -0.3 is 5.11 Å². The summed E-state index contributed by atoms with van der Waals surface area (Å²) < 4.78 is 0. The van der Waals surface area contributed by atoms with Crippen LogP contribution in [-0.2, 0) is 0 Å². The van der Waals surface area contributed by atoms with Crippen LogP contribution in [0.25, 0.3) is 0 Å². The van der Waals surface area contributed by atoms with Gasteiger partial charge in [0.2, 0.25) is 0 Å². The molecular formula is C8H21OP. The van der Waals surface area contributed by atoms with E-state index in [2.05, 4.69) is 6.92 Å². The topological polar surface area (TPSA) is 20.2 Å². The number of aliphatic hydroxyl groups excluding tert-OH is 1. The first-order valence-electron chi connectivity index (χ1n) is 4.02. The zero-order valence-electron chi connectivity index (χ0n) is 7.10. The van der Waals surface area contributed by atoms with Crippen molar-refractivity contribution in [1.82, 2.24) is 0 Å². The lowest BCUT2D eigenvalue weighted by Crippen LogP contribution is -1.82. The first-order chi connectivity index (χ1) is 4.41. The van der Waals surface area contributed by atoms with E-state index in [1.165, 1.54) is 32.1 Å². The Labute approximate surface area is 67.8 Å². The molecule has 0 saturated carbocycles. The quantitative estimate of drug-likeness (QED) is 0.472. The van der Waals surface area contributed by atoms with Gasteiger partial charge in [0.15, 0.2) is 0 Å². The Morgan fingerprint density at radius 3 is 1.90 bits per heavy atom. The SMILES string of the molecule is CCCCCCCCO.P. The predicted molar refractivity (Wildman–Crippen MR) is 51.6 cm³/mol. The fourth-order valence-electron chi connectivity index (χ4n) is 0.892. The molecule has 0 saturated heterocycles. The van der Waals surface area contributed by atoms with Crippen molar-refractivity contribution in [2.45, 2.75) is 45.4 Å². The molecule has 10 heavy (non-hydrogen) atoms. The van der Waals surface area contributed by atoms with E-state index < -0.39 is 0 Å². The van der Waals surface area contributed by atoms with E-state index in [4.69, 9.17) is 5.11 Å². The van der Waals surface area contributed by atoms with E-state index in [1.807, 2.05) is 0 Å². The third kappa shape index (κ3) is 11.2. The molecular weight excluding hydrogens is 143 g/mol. The number of rotatable bonds is 6. The molecule has 64 valence electrons. The third-order valence-electron chi connectivity index (χ3n) is 1.51. The standard InChI is InChI=1S/C8H18O.H3P/c1-2-3-4-5-6-7-8-9;/h9H,2-8H2,1H3;1H3. The molecule has 1 atom stereocenters. The molecule has 0 spiro atoms. The molecule has 0 aliphatic carbocycles. The van der Waals surface area contributed by atoms with Crippen LogP contribution >= 0.6 is 9.90 Å². The number of unbranched alkanes of at least 4 members (excludes halogenated alkanes) is 5. The highest BCUT2D eigenvalue weighted by Gasteiger charge is 1.86. The van der Waals surface area contributed by atoms with E-state index in [-0.39, 0.29) is 9.90 Å². The minimum Gasteiger partial charge on any atom is -0.396 e. The van der Waals surface area contributed by atoms with Crippen molar-refractivity contribution in [3.8, 4) is 0 Å². The largest absolute Gasteiger partial charge is 0.396 e. The lowest BCUT2D eigenvalue weighted by Gasteiger charge is -1.95. The van der Waals surface area contributed by atoms with Crippen molar-refractivity contribution in [3.05, 3.63) is 0 Å². The maximum atomic E-state index is 8.42. The highest BCUT2D eigenvalue weighted by molar-refractivity contribution is 6.92. The molecule has 0 fully saturated rings. The maximum Gasteiger partial charge on any atom is 0.0431 e. The molecule has 0 aliphatic rings. The fraction of sp³-hybridized carbons (Fsp3) is 1.00. The molecule has 2 heteroatoms. The molecule has 1 unspecified atom stereocenters. The van der Waals surface area contributed by atoms with Crippen LogP contribution in [0.3, 0.4) is 0 Å². The van der Waals surface area contributed by atoms with Crippen LogP contribution in [0.5, 0.6) is 0 Å². The van der Waals surface area contributed by atoms with E-state index in [0.717, 1.165) is 6.42 Å². The Morgan fingerprint density at radius 1 is 0.900 bits per heavy atom. The van der Waals surface area contributed by atoms with Crippen LogP contribution < -0.4 is 0 Å². The molecule has 0 aromatic heterocycles. The Kier molecular flexibility index (Phi) is 15.8. The molecule has 1 nitrogen and oxygen atoms in total. The lowest BCUT2D eigenvalue weighted by atomic mass is 10.1. The van der Waals surface area contributed by atoms with Crippen molar-refractivity contribution >= 4 is 9.90 Å². The van der Waals surface area contributed by atoms with Crippen molar-refractivity contribution in [2.24, 2.45) is 0 Å². The van der Waals surface area contributed by atoms with Gasteiger partial charge in [-0.3, -0.25) is 0 Å². The zero-order valence-corrected chi connectivity index (χ0v) is 8.52. The average molecular weight is 164 g/mol.